The molecule has 0 saturated carbocycles. The number of rotatable bonds is 6. The Morgan fingerprint density at radius 3 is 2.52 bits per heavy atom. The third-order valence-electron chi connectivity index (χ3n) is 3.99. The summed E-state index contributed by atoms with van der Waals surface area (Å²) in [6.45, 7) is 0.561. The second-order valence-corrected chi connectivity index (χ2v) is 5.84. The predicted octanol–water partition coefficient (Wildman–Crippen LogP) is 3.57. The molecule has 124 valence electrons. The molecule has 4 rings (SSSR count). The Hall–Kier alpha value is -3.21. The van der Waals surface area contributed by atoms with E-state index in [-0.39, 0.29) is 0 Å². The molecule has 0 unspecified atom stereocenters. The van der Waals surface area contributed by atoms with Gasteiger partial charge in [0.25, 0.3) is 0 Å². The number of H-pyrrole nitrogens is 1. The first-order valence-electron chi connectivity index (χ1n) is 8.27. The van der Waals surface area contributed by atoms with Crippen LogP contribution in [0, 0.1) is 0 Å². The van der Waals surface area contributed by atoms with Crippen molar-refractivity contribution in [2.75, 3.05) is 6.61 Å². The van der Waals surface area contributed by atoms with E-state index in [1.807, 2.05) is 18.2 Å². The van der Waals surface area contributed by atoms with Gasteiger partial charge in [-0.2, -0.15) is 0 Å². The first kappa shape index (κ1) is 15.3. The Morgan fingerprint density at radius 2 is 1.72 bits per heavy atom. The largest absolute Gasteiger partial charge is 0.493 e. The average molecular weight is 330 g/mol. The molecular formula is C20H18N4O. The summed E-state index contributed by atoms with van der Waals surface area (Å²) < 4.78 is 5.82. The van der Waals surface area contributed by atoms with Crippen molar-refractivity contribution in [3.63, 3.8) is 0 Å². The van der Waals surface area contributed by atoms with Crippen LogP contribution >= 0.6 is 0 Å². The molecule has 0 fully saturated rings. The zero-order chi connectivity index (χ0) is 16.9. The fraction of sp³-hybridized carbons (Fsp3) is 0.150. The van der Waals surface area contributed by atoms with Gasteiger partial charge in [0.05, 0.1) is 12.8 Å². The SMILES string of the molecule is c1ccc(Cc2ccc(OCCc3nc4cncnc4[nH]3)cc2)cc1. The van der Waals surface area contributed by atoms with E-state index in [0.29, 0.717) is 13.0 Å². The summed E-state index contributed by atoms with van der Waals surface area (Å²) in [6.07, 6.45) is 4.84. The summed E-state index contributed by atoms with van der Waals surface area (Å²) in [5.74, 6) is 1.73. The van der Waals surface area contributed by atoms with Crippen molar-refractivity contribution in [2.45, 2.75) is 12.8 Å². The number of hydrogen-bond acceptors (Lipinski definition) is 4. The normalized spacial score (nSPS) is 10.9. The zero-order valence-electron chi connectivity index (χ0n) is 13.7. The maximum absolute atomic E-state index is 5.82. The van der Waals surface area contributed by atoms with Gasteiger partial charge in [-0.25, -0.2) is 15.0 Å². The van der Waals surface area contributed by atoms with Crippen molar-refractivity contribution in [3.05, 3.63) is 84.1 Å². The Kier molecular flexibility index (Phi) is 4.37. The van der Waals surface area contributed by atoms with Crippen LogP contribution in [-0.4, -0.2) is 26.5 Å². The number of nitrogens with one attached hydrogen (secondary N) is 1. The van der Waals surface area contributed by atoms with Crippen LogP contribution in [0.2, 0.25) is 0 Å². The summed E-state index contributed by atoms with van der Waals surface area (Å²) in [7, 11) is 0. The van der Waals surface area contributed by atoms with E-state index in [1.165, 1.54) is 17.5 Å². The minimum atomic E-state index is 0.561. The molecule has 5 nitrogen and oxygen atoms in total. The van der Waals surface area contributed by atoms with E-state index in [9.17, 15) is 0 Å². The van der Waals surface area contributed by atoms with E-state index in [4.69, 9.17) is 4.74 Å². The molecule has 4 aromatic rings. The fourth-order valence-electron chi connectivity index (χ4n) is 2.73. The highest BCUT2D eigenvalue weighted by Crippen LogP contribution is 2.16. The zero-order valence-corrected chi connectivity index (χ0v) is 13.7. The smallest absolute Gasteiger partial charge is 0.160 e. The van der Waals surface area contributed by atoms with Crippen LogP contribution < -0.4 is 4.74 Å². The van der Waals surface area contributed by atoms with E-state index in [2.05, 4.69) is 56.3 Å². The fourth-order valence-corrected chi connectivity index (χ4v) is 2.73. The summed E-state index contributed by atoms with van der Waals surface area (Å²) >= 11 is 0. The van der Waals surface area contributed by atoms with Gasteiger partial charge in [0.2, 0.25) is 0 Å². The topological polar surface area (TPSA) is 63.7 Å². The van der Waals surface area contributed by atoms with Gasteiger partial charge in [-0.15, -0.1) is 0 Å². The van der Waals surface area contributed by atoms with Gasteiger partial charge in [0.15, 0.2) is 5.65 Å². The maximum atomic E-state index is 5.82. The van der Waals surface area contributed by atoms with Crippen molar-refractivity contribution in [1.29, 1.82) is 0 Å². The number of ether oxygens (including phenoxy) is 1. The quantitative estimate of drug-likeness (QED) is 0.587. The summed E-state index contributed by atoms with van der Waals surface area (Å²) in [5.41, 5.74) is 4.12. The van der Waals surface area contributed by atoms with Gasteiger partial charge in [0, 0.05) is 6.42 Å². The molecule has 0 aliphatic heterocycles. The minimum absolute atomic E-state index is 0.561. The molecule has 0 radical (unpaired) electrons. The number of benzene rings is 2. The van der Waals surface area contributed by atoms with Crippen LogP contribution in [0.25, 0.3) is 11.2 Å². The second-order valence-electron chi connectivity index (χ2n) is 5.84. The van der Waals surface area contributed by atoms with Crippen molar-refractivity contribution in [3.8, 4) is 5.75 Å². The van der Waals surface area contributed by atoms with Crippen LogP contribution in [0.5, 0.6) is 5.75 Å². The van der Waals surface area contributed by atoms with E-state index >= 15 is 0 Å². The van der Waals surface area contributed by atoms with Crippen LogP contribution in [0.4, 0.5) is 0 Å². The molecule has 5 heteroatoms. The monoisotopic (exact) mass is 330 g/mol. The molecule has 2 aromatic heterocycles. The molecule has 0 spiro atoms. The van der Waals surface area contributed by atoms with Crippen LogP contribution in [-0.2, 0) is 12.8 Å². The molecular weight excluding hydrogens is 312 g/mol. The van der Waals surface area contributed by atoms with E-state index in [1.54, 1.807) is 6.20 Å². The van der Waals surface area contributed by atoms with Crippen LogP contribution in [0.1, 0.15) is 17.0 Å². The summed E-state index contributed by atoms with van der Waals surface area (Å²) in [4.78, 5) is 15.7. The summed E-state index contributed by atoms with van der Waals surface area (Å²) in [5, 5.41) is 0. The molecule has 25 heavy (non-hydrogen) atoms. The number of aromatic amines is 1. The van der Waals surface area contributed by atoms with Crippen molar-refractivity contribution < 1.29 is 4.74 Å². The Balaban J connectivity index is 1.32. The maximum Gasteiger partial charge on any atom is 0.160 e. The van der Waals surface area contributed by atoms with Gasteiger partial charge >= 0.3 is 0 Å². The van der Waals surface area contributed by atoms with Gasteiger partial charge in [-0.05, 0) is 29.7 Å². The number of hydrogen-bond donors (Lipinski definition) is 1. The first-order valence-corrected chi connectivity index (χ1v) is 8.27. The molecule has 0 saturated heterocycles. The molecule has 0 aliphatic rings. The molecule has 2 heterocycles. The number of imidazole rings is 1. The standard InChI is InChI=1S/C20H18N4O/c1-2-4-15(5-3-1)12-16-6-8-17(9-7-16)25-11-10-19-23-18-13-21-14-22-20(18)24-19/h1-9,13-14H,10-12H2,(H,21,22,23,24). The molecule has 1 N–H and O–H groups in total. The van der Waals surface area contributed by atoms with Gasteiger partial charge < -0.3 is 9.72 Å². The number of aromatic nitrogens is 4. The minimum Gasteiger partial charge on any atom is -0.493 e. The number of nitrogens with zero attached hydrogens (tertiary/aromatic N) is 3. The summed E-state index contributed by atoms with van der Waals surface area (Å²) in [6, 6.07) is 18.7. The highest BCUT2D eigenvalue weighted by atomic mass is 16.5. The second kappa shape index (κ2) is 7.13. The van der Waals surface area contributed by atoms with E-state index < -0.39 is 0 Å². The van der Waals surface area contributed by atoms with Crippen LogP contribution in [0.3, 0.4) is 0 Å². The highest BCUT2D eigenvalue weighted by Gasteiger charge is 2.04. The highest BCUT2D eigenvalue weighted by molar-refractivity contribution is 5.68. The van der Waals surface area contributed by atoms with Gasteiger partial charge in [-0.3, -0.25) is 0 Å². The third kappa shape index (κ3) is 3.83. The number of fused-ring (bicyclic) bond motifs is 1. The lowest BCUT2D eigenvalue weighted by molar-refractivity contribution is 0.319. The first-order chi connectivity index (χ1) is 12.4. The molecule has 0 bridgehead atoms. The Labute approximate surface area is 145 Å². The van der Waals surface area contributed by atoms with Gasteiger partial charge in [-0.1, -0.05) is 42.5 Å². The lowest BCUT2D eigenvalue weighted by Crippen LogP contribution is -2.02. The molecule has 0 aliphatic carbocycles. The van der Waals surface area contributed by atoms with Crippen LogP contribution in [0.15, 0.2) is 67.1 Å². The Bertz CT molecular complexity index is 915. The van der Waals surface area contributed by atoms with Crippen molar-refractivity contribution >= 4 is 11.2 Å². The predicted molar refractivity (Wildman–Crippen MR) is 96.6 cm³/mol. The lowest BCUT2D eigenvalue weighted by atomic mass is 10.1. The van der Waals surface area contributed by atoms with E-state index in [0.717, 1.165) is 29.2 Å². The molecule has 2 aromatic carbocycles. The third-order valence-corrected chi connectivity index (χ3v) is 3.99. The van der Waals surface area contributed by atoms with Gasteiger partial charge in [0.1, 0.15) is 23.4 Å². The lowest BCUT2D eigenvalue weighted by Gasteiger charge is -2.07. The molecule has 0 amide bonds. The average Bonchev–Trinajstić information content (AvgIpc) is 3.07. The van der Waals surface area contributed by atoms with Crippen molar-refractivity contribution in [2.24, 2.45) is 0 Å². The molecule has 0 atom stereocenters. The Morgan fingerprint density at radius 1 is 0.920 bits per heavy atom. The van der Waals surface area contributed by atoms with Crippen molar-refractivity contribution in [1.82, 2.24) is 19.9 Å².